The van der Waals surface area contributed by atoms with E-state index >= 15 is 0 Å². The van der Waals surface area contributed by atoms with Crippen molar-refractivity contribution in [3.8, 4) is 0 Å². The first-order valence-corrected chi connectivity index (χ1v) is 8.94. The number of aromatic nitrogens is 2. The number of sulfone groups is 1. The van der Waals surface area contributed by atoms with Crippen LogP contribution in [0.4, 0.5) is 4.39 Å². The van der Waals surface area contributed by atoms with Gasteiger partial charge < -0.3 is 5.32 Å². The van der Waals surface area contributed by atoms with Gasteiger partial charge in [-0.2, -0.15) is 5.10 Å². The molecule has 23 heavy (non-hydrogen) atoms. The van der Waals surface area contributed by atoms with Gasteiger partial charge in [-0.3, -0.25) is 9.48 Å². The van der Waals surface area contributed by atoms with Crippen molar-refractivity contribution in [3.63, 3.8) is 0 Å². The summed E-state index contributed by atoms with van der Waals surface area (Å²) in [6, 6.07) is 3.34. The fourth-order valence-corrected chi connectivity index (χ4v) is 2.83. The molecule has 1 aromatic heterocycles. The van der Waals surface area contributed by atoms with Gasteiger partial charge in [-0.25, -0.2) is 12.8 Å². The fourth-order valence-electron chi connectivity index (χ4n) is 2.10. The van der Waals surface area contributed by atoms with Crippen molar-refractivity contribution in [2.24, 2.45) is 0 Å². The number of carbonyl (C=O) groups is 1. The second-order valence-corrected chi connectivity index (χ2v) is 7.23. The lowest BCUT2D eigenvalue weighted by molar-refractivity contribution is 0.0939. The lowest BCUT2D eigenvalue weighted by Crippen LogP contribution is -2.26. The van der Waals surface area contributed by atoms with Gasteiger partial charge >= 0.3 is 0 Å². The van der Waals surface area contributed by atoms with Crippen LogP contribution >= 0.6 is 0 Å². The topological polar surface area (TPSA) is 81.1 Å². The van der Waals surface area contributed by atoms with Gasteiger partial charge in [0.1, 0.15) is 10.7 Å². The first kappa shape index (κ1) is 17.1. The number of hydrogen-bond acceptors (Lipinski definition) is 4. The highest BCUT2D eigenvalue weighted by atomic mass is 32.2. The molecule has 0 fully saturated rings. The third kappa shape index (κ3) is 3.95. The van der Waals surface area contributed by atoms with Crippen LogP contribution in [0.15, 0.2) is 35.5 Å². The van der Waals surface area contributed by atoms with E-state index in [4.69, 9.17) is 0 Å². The number of amides is 1. The summed E-state index contributed by atoms with van der Waals surface area (Å²) in [6.45, 7) is 4.25. The quantitative estimate of drug-likeness (QED) is 0.902. The van der Waals surface area contributed by atoms with Gasteiger partial charge in [0.15, 0.2) is 9.84 Å². The minimum absolute atomic E-state index is 0.329. The zero-order chi connectivity index (χ0) is 17.2. The smallest absolute Gasteiger partial charge is 0.254 e. The highest BCUT2D eigenvalue weighted by Gasteiger charge is 2.17. The first-order valence-electron chi connectivity index (χ1n) is 7.05. The van der Waals surface area contributed by atoms with Gasteiger partial charge in [-0.15, -0.1) is 0 Å². The second kappa shape index (κ2) is 6.49. The second-order valence-electron chi connectivity index (χ2n) is 5.24. The molecule has 1 amide bonds. The molecule has 0 aliphatic heterocycles. The van der Waals surface area contributed by atoms with Crippen LogP contribution in [-0.2, 0) is 16.4 Å². The van der Waals surface area contributed by atoms with Crippen molar-refractivity contribution in [3.05, 3.63) is 47.5 Å². The largest absolute Gasteiger partial charge is 0.345 e. The number of hydrogen-bond donors (Lipinski definition) is 1. The molecule has 0 aliphatic carbocycles. The molecule has 124 valence electrons. The maximum absolute atomic E-state index is 13.9. The molecule has 2 aromatic rings. The third-order valence-corrected chi connectivity index (χ3v) is 4.55. The summed E-state index contributed by atoms with van der Waals surface area (Å²) in [5.74, 6) is -1.16. The van der Waals surface area contributed by atoms with Crippen LogP contribution < -0.4 is 5.32 Å². The van der Waals surface area contributed by atoms with Crippen LogP contribution in [0.2, 0.25) is 0 Å². The summed E-state index contributed by atoms with van der Waals surface area (Å²) in [7, 11) is -3.62. The summed E-state index contributed by atoms with van der Waals surface area (Å²) < 4.78 is 38.4. The van der Waals surface area contributed by atoms with E-state index in [1.54, 1.807) is 17.8 Å². The predicted octanol–water partition coefficient (Wildman–Crippen LogP) is 1.94. The Bertz CT molecular complexity index is 830. The summed E-state index contributed by atoms with van der Waals surface area (Å²) >= 11 is 0. The number of nitrogens with zero attached hydrogens (tertiary/aromatic N) is 2. The number of aryl methyl sites for hydroxylation is 1. The monoisotopic (exact) mass is 339 g/mol. The fraction of sp³-hybridized carbons (Fsp3) is 0.333. The van der Waals surface area contributed by atoms with Crippen molar-refractivity contribution < 1.29 is 17.6 Å². The zero-order valence-corrected chi connectivity index (χ0v) is 13.9. The predicted molar refractivity (Wildman–Crippen MR) is 83.3 cm³/mol. The van der Waals surface area contributed by atoms with Crippen molar-refractivity contribution in [1.82, 2.24) is 15.1 Å². The van der Waals surface area contributed by atoms with Crippen molar-refractivity contribution in [1.29, 1.82) is 0 Å². The molecule has 1 aromatic carbocycles. The minimum atomic E-state index is -3.62. The lowest BCUT2D eigenvalue weighted by atomic mass is 10.1. The number of nitrogens with one attached hydrogen (secondary N) is 1. The van der Waals surface area contributed by atoms with Crippen LogP contribution in [0.3, 0.4) is 0 Å². The molecule has 1 heterocycles. The summed E-state index contributed by atoms with van der Waals surface area (Å²) in [5, 5.41) is 6.74. The van der Waals surface area contributed by atoms with E-state index < -0.39 is 21.7 Å². The molecule has 0 unspecified atom stereocenters. The molecule has 0 saturated carbocycles. The average Bonchev–Trinajstić information content (AvgIpc) is 2.94. The average molecular weight is 339 g/mol. The van der Waals surface area contributed by atoms with E-state index in [0.717, 1.165) is 12.3 Å². The van der Waals surface area contributed by atoms with E-state index in [-0.39, 0.29) is 10.8 Å². The Morgan fingerprint density at radius 1 is 1.43 bits per heavy atom. The third-order valence-electron chi connectivity index (χ3n) is 3.42. The lowest BCUT2D eigenvalue weighted by Gasteiger charge is -2.14. The molecule has 8 heteroatoms. The molecule has 0 saturated heterocycles. The van der Waals surface area contributed by atoms with Gasteiger partial charge in [0.05, 0.1) is 17.8 Å². The Labute approximate surface area is 134 Å². The first-order chi connectivity index (χ1) is 10.7. The van der Waals surface area contributed by atoms with E-state index in [1.807, 2.05) is 6.92 Å². The Kier molecular flexibility index (Phi) is 4.84. The Morgan fingerprint density at radius 2 is 2.13 bits per heavy atom. The van der Waals surface area contributed by atoms with Gasteiger partial charge in [0.25, 0.3) is 5.91 Å². The van der Waals surface area contributed by atoms with Gasteiger partial charge in [-0.05, 0) is 31.5 Å². The minimum Gasteiger partial charge on any atom is -0.345 e. The van der Waals surface area contributed by atoms with Crippen molar-refractivity contribution in [2.45, 2.75) is 31.3 Å². The normalized spacial score (nSPS) is 12.9. The highest BCUT2D eigenvalue weighted by Crippen LogP contribution is 2.20. The molecule has 0 aliphatic rings. The van der Waals surface area contributed by atoms with E-state index in [1.165, 1.54) is 18.3 Å². The number of carbonyl (C=O) groups excluding carboxylic acids is 1. The van der Waals surface area contributed by atoms with E-state index in [2.05, 4.69) is 10.4 Å². The Morgan fingerprint density at radius 3 is 2.65 bits per heavy atom. The number of rotatable bonds is 5. The maximum atomic E-state index is 13.9. The Hall–Kier alpha value is -2.22. The molecular formula is C15H18FN3O3S. The van der Waals surface area contributed by atoms with Crippen LogP contribution in [-0.4, -0.2) is 30.4 Å². The summed E-state index contributed by atoms with van der Waals surface area (Å²) in [5.41, 5.74) is 0.887. The molecule has 0 bridgehead atoms. The van der Waals surface area contributed by atoms with Crippen molar-refractivity contribution >= 4 is 15.7 Å². The molecule has 0 spiro atoms. The molecule has 2 rings (SSSR count). The maximum Gasteiger partial charge on any atom is 0.254 e. The van der Waals surface area contributed by atoms with E-state index in [9.17, 15) is 17.6 Å². The highest BCUT2D eigenvalue weighted by molar-refractivity contribution is 7.90. The van der Waals surface area contributed by atoms with Gasteiger partial charge in [0, 0.05) is 19.0 Å². The molecule has 1 N–H and O–H groups in total. The number of halogens is 1. The van der Waals surface area contributed by atoms with Gasteiger partial charge in [0.2, 0.25) is 0 Å². The van der Waals surface area contributed by atoms with Crippen LogP contribution in [0.1, 0.15) is 35.8 Å². The SMILES string of the molecule is CCn1cc(C(=O)N[C@H](C)c2ccc(S(C)(=O)=O)c(F)c2)cn1. The van der Waals surface area contributed by atoms with E-state index in [0.29, 0.717) is 17.7 Å². The van der Waals surface area contributed by atoms with Crippen LogP contribution in [0.5, 0.6) is 0 Å². The standard InChI is InChI=1S/C15H18FN3O3S/c1-4-19-9-12(8-17-19)15(20)18-10(2)11-5-6-14(13(16)7-11)23(3,21)22/h5-10H,4H2,1-3H3,(H,18,20)/t10-/m1/s1. The zero-order valence-electron chi connectivity index (χ0n) is 13.1. The number of benzene rings is 1. The summed E-state index contributed by atoms with van der Waals surface area (Å²) in [6.07, 6.45) is 4.02. The molecule has 6 nitrogen and oxygen atoms in total. The summed E-state index contributed by atoms with van der Waals surface area (Å²) in [4.78, 5) is 11.8. The van der Waals surface area contributed by atoms with Crippen LogP contribution in [0, 0.1) is 5.82 Å². The van der Waals surface area contributed by atoms with Crippen molar-refractivity contribution in [2.75, 3.05) is 6.26 Å². The van der Waals surface area contributed by atoms with Crippen LogP contribution in [0.25, 0.3) is 0 Å². The Balaban J connectivity index is 2.16. The molecule has 1 atom stereocenters. The molecular weight excluding hydrogens is 321 g/mol. The van der Waals surface area contributed by atoms with Gasteiger partial charge in [-0.1, -0.05) is 6.07 Å². The molecule has 0 radical (unpaired) electrons.